The van der Waals surface area contributed by atoms with Gasteiger partial charge in [-0.15, -0.1) is 0 Å². The van der Waals surface area contributed by atoms with E-state index in [4.69, 9.17) is 5.11 Å². The highest BCUT2D eigenvalue weighted by Gasteiger charge is 2.18. The van der Waals surface area contributed by atoms with Crippen molar-refractivity contribution in [3.63, 3.8) is 0 Å². The van der Waals surface area contributed by atoms with Crippen LogP contribution in [0, 0.1) is 18.6 Å². The number of carbonyl (C=O) groups is 1. The van der Waals surface area contributed by atoms with E-state index in [-0.39, 0.29) is 18.1 Å². The SMILES string of the molecule is Cc1cc(C(CC(=O)O)c2ccc(F)cc2)ccc1F. The predicted molar refractivity (Wildman–Crippen MR) is 71.6 cm³/mol. The summed E-state index contributed by atoms with van der Waals surface area (Å²) < 4.78 is 26.3. The van der Waals surface area contributed by atoms with Crippen LogP contribution in [-0.2, 0) is 4.79 Å². The van der Waals surface area contributed by atoms with Gasteiger partial charge in [0.1, 0.15) is 11.6 Å². The minimum atomic E-state index is -0.957. The van der Waals surface area contributed by atoms with Gasteiger partial charge >= 0.3 is 5.97 Å². The van der Waals surface area contributed by atoms with Gasteiger partial charge in [0.05, 0.1) is 6.42 Å². The van der Waals surface area contributed by atoms with E-state index in [0.29, 0.717) is 16.7 Å². The average Bonchev–Trinajstić information content (AvgIpc) is 2.40. The van der Waals surface area contributed by atoms with Gasteiger partial charge in [-0.25, -0.2) is 8.78 Å². The fourth-order valence-corrected chi connectivity index (χ4v) is 2.18. The molecule has 2 aromatic rings. The lowest BCUT2D eigenvalue weighted by molar-refractivity contribution is -0.137. The van der Waals surface area contributed by atoms with Crippen LogP contribution in [-0.4, -0.2) is 11.1 Å². The molecule has 1 unspecified atom stereocenters. The van der Waals surface area contributed by atoms with E-state index in [1.54, 1.807) is 31.2 Å². The Morgan fingerprint density at radius 2 is 1.70 bits per heavy atom. The molecule has 2 nitrogen and oxygen atoms in total. The van der Waals surface area contributed by atoms with Crippen LogP contribution in [0.5, 0.6) is 0 Å². The average molecular weight is 276 g/mol. The monoisotopic (exact) mass is 276 g/mol. The summed E-state index contributed by atoms with van der Waals surface area (Å²) in [5.41, 5.74) is 1.86. The molecule has 104 valence electrons. The van der Waals surface area contributed by atoms with Crippen molar-refractivity contribution in [2.75, 3.05) is 0 Å². The van der Waals surface area contributed by atoms with Gasteiger partial charge in [0.15, 0.2) is 0 Å². The Labute approximate surface area is 115 Å². The van der Waals surface area contributed by atoms with Gasteiger partial charge < -0.3 is 5.11 Å². The molecule has 0 aromatic heterocycles. The fraction of sp³-hybridized carbons (Fsp3) is 0.188. The van der Waals surface area contributed by atoms with Crippen molar-refractivity contribution < 1.29 is 18.7 Å². The number of carboxylic acid groups (broad SMARTS) is 1. The van der Waals surface area contributed by atoms with Crippen LogP contribution >= 0.6 is 0 Å². The molecule has 0 spiro atoms. The van der Waals surface area contributed by atoms with Crippen LogP contribution in [0.3, 0.4) is 0 Å². The van der Waals surface area contributed by atoms with Crippen molar-refractivity contribution in [1.29, 1.82) is 0 Å². The number of halogens is 2. The Balaban J connectivity index is 2.43. The first-order valence-corrected chi connectivity index (χ1v) is 6.20. The molecule has 20 heavy (non-hydrogen) atoms. The molecule has 0 saturated heterocycles. The number of rotatable bonds is 4. The minimum absolute atomic E-state index is 0.128. The maximum absolute atomic E-state index is 13.3. The lowest BCUT2D eigenvalue weighted by atomic mass is 9.88. The van der Waals surface area contributed by atoms with Crippen molar-refractivity contribution in [3.05, 3.63) is 70.8 Å². The Hall–Kier alpha value is -2.23. The number of hydrogen-bond donors (Lipinski definition) is 1. The first kappa shape index (κ1) is 14.2. The highest BCUT2D eigenvalue weighted by Crippen LogP contribution is 2.29. The van der Waals surface area contributed by atoms with Crippen LogP contribution < -0.4 is 0 Å². The third-order valence-electron chi connectivity index (χ3n) is 3.24. The van der Waals surface area contributed by atoms with Crippen LogP contribution in [0.4, 0.5) is 8.78 Å². The molecule has 0 heterocycles. The molecule has 0 radical (unpaired) electrons. The summed E-state index contributed by atoms with van der Waals surface area (Å²) in [4.78, 5) is 11.0. The van der Waals surface area contributed by atoms with Crippen molar-refractivity contribution in [1.82, 2.24) is 0 Å². The molecule has 0 aliphatic rings. The van der Waals surface area contributed by atoms with Crippen LogP contribution in [0.1, 0.15) is 29.0 Å². The second kappa shape index (κ2) is 5.82. The van der Waals surface area contributed by atoms with Gasteiger partial charge in [-0.1, -0.05) is 24.3 Å². The van der Waals surface area contributed by atoms with Crippen molar-refractivity contribution in [2.45, 2.75) is 19.3 Å². The Morgan fingerprint density at radius 3 is 2.25 bits per heavy atom. The molecule has 1 atom stereocenters. The molecule has 0 amide bonds. The largest absolute Gasteiger partial charge is 0.481 e. The zero-order valence-electron chi connectivity index (χ0n) is 10.9. The molecule has 0 aliphatic heterocycles. The Kier molecular flexibility index (Phi) is 4.13. The highest BCUT2D eigenvalue weighted by molar-refractivity contribution is 5.69. The summed E-state index contributed by atoms with van der Waals surface area (Å²) in [5.74, 6) is -2.09. The molecular weight excluding hydrogens is 262 g/mol. The zero-order chi connectivity index (χ0) is 14.7. The number of carboxylic acids is 1. The van der Waals surface area contributed by atoms with Crippen molar-refractivity contribution in [3.8, 4) is 0 Å². The predicted octanol–water partition coefficient (Wildman–Crippen LogP) is 3.88. The van der Waals surface area contributed by atoms with E-state index in [1.807, 2.05) is 0 Å². The minimum Gasteiger partial charge on any atom is -0.481 e. The lowest BCUT2D eigenvalue weighted by Crippen LogP contribution is -2.08. The molecule has 2 aromatic carbocycles. The summed E-state index contributed by atoms with van der Waals surface area (Å²) in [6, 6.07) is 10.2. The Bertz CT molecular complexity index is 621. The van der Waals surface area contributed by atoms with Gasteiger partial charge in [-0.05, 0) is 41.8 Å². The third-order valence-corrected chi connectivity index (χ3v) is 3.24. The molecule has 0 fully saturated rings. The van der Waals surface area contributed by atoms with Gasteiger partial charge in [0.2, 0.25) is 0 Å². The molecule has 4 heteroatoms. The second-order valence-corrected chi connectivity index (χ2v) is 4.71. The lowest BCUT2D eigenvalue weighted by Gasteiger charge is -2.17. The fourth-order valence-electron chi connectivity index (χ4n) is 2.18. The summed E-state index contributed by atoms with van der Waals surface area (Å²) in [6.45, 7) is 1.63. The first-order valence-electron chi connectivity index (χ1n) is 6.20. The van der Waals surface area contributed by atoms with E-state index >= 15 is 0 Å². The van der Waals surface area contributed by atoms with Crippen LogP contribution in [0.15, 0.2) is 42.5 Å². The van der Waals surface area contributed by atoms with E-state index in [0.717, 1.165) is 0 Å². The van der Waals surface area contributed by atoms with Crippen LogP contribution in [0.2, 0.25) is 0 Å². The van der Waals surface area contributed by atoms with Gasteiger partial charge in [0.25, 0.3) is 0 Å². The first-order chi connectivity index (χ1) is 9.47. The third kappa shape index (κ3) is 3.20. The van der Waals surface area contributed by atoms with Crippen molar-refractivity contribution in [2.24, 2.45) is 0 Å². The molecule has 0 saturated carbocycles. The summed E-state index contributed by atoms with van der Waals surface area (Å²) in [6.07, 6.45) is -0.128. The standard InChI is InChI=1S/C16H14F2O2/c1-10-8-12(4-7-15(10)18)14(9-16(19)20)11-2-5-13(17)6-3-11/h2-8,14H,9H2,1H3,(H,19,20). The van der Waals surface area contributed by atoms with Crippen molar-refractivity contribution >= 4 is 5.97 Å². The number of benzene rings is 2. The smallest absolute Gasteiger partial charge is 0.304 e. The second-order valence-electron chi connectivity index (χ2n) is 4.71. The van der Waals surface area contributed by atoms with Crippen LogP contribution in [0.25, 0.3) is 0 Å². The summed E-state index contributed by atoms with van der Waals surface area (Å²) >= 11 is 0. The van der Waals surface area contributed by atoms with Gasteiger partial charge in [-0.2, -0.15) is 0 Å². The van der Waals surface area contributed by atoms with E-state index in [2.05, 4.69) is 0 Å². The maximum atomic E-state index is 13.3. The highest BCUT2D eigenvalue weighted by atomic mass is 19.1. The number of hydrogen-bond acceptors (Lipinski definition) is 1. The Morgan fingerprint density at radius 1 is 1.10 bits per heavy atom. The summed E-state index contributed by atoms with van der Waals surface area (Å²) in [7, 11) is 0. The van der Waals surface area contributed by atoms with E-state index in [9.17, 15) is 13.6 Å². The van der Waals surface area contributed by atoms with Gasteiger partial charge in [0, 0.05) is 5.92 Å². The normalized spacial score (nSPS) is 12.2. The molecule has 2 rings (SSSR count). The molecule has 1 N–H and O–H groups in total. The summed E-state index contributed by atoms with van der Waals surface area (Å²) in [5, 5.41) is 9.04. The number of aliphatic carboxylic acids is 1. The molecule has 0 aliphatic carbocycles. The van der Waals surface area contributed by atoms with Gasteiger partial charge in [-0.3, -0.25) is 4.79 Å². The van der Waals surface area contributed by atoms with E-state index in [1.165, 1.54) is 18.2 Å². The molecular formula is C16H14F2O2. The zero-order valence-corrected chi connectivity index (χ0v) is 10.9. The number of aryl methyl sites for hydroxylation is 1. The molecule has 0 bridgehead atoms. The topological polar surface area (TPSA) is 37.3 Å². The quantitative estimate of drug-likeness (QED) is 0.920. The van der Waals surface area contributed by atoms with E-state index < -0.39 is 11.9 Å². The maximum Gasteiger partial charge on any atom is 0.304 e.